The van der Waals surface area contributed by atoms with Crippen LogP contribution in [-0.4, -0.2) is 17.5 Å². The summed E-state index contributed by atoms with van der Waals surface area (Å²) < 4.78 is 5.51. The molecule has 0 aliphatic rings. The van der Waals surface area contributed by atoms with Crippen molar-refractivity contribution >= 4 is 5.91 Å². The van der Waals surface area contributed by atoms with Gasteiger partial charge in [0.05, 0.1) is 12.2 Å². The summed E-state index contributed by atoms with van der Waals surface area (Å²) in [6, 6.07) is 23.4. The van der Waals surface area contributed by atoms with Gasteiger partial charge in [-0.25, -0.2) is 0 Å². The Hall–Kier alpha value is -3.14. The Kier molecular flexibility index (Phi) is 5.20. The van der Waals surface area contributed by atoms with Crippen LogP contribution >= 0.6 is 0 Å². The van der Waals surface area contributed by atoms with Crippen molar-refractivity contribution in [2.24, 2.45) is 0 Å². The summed E-state index contributed by atoms with van der Waals surface area (Å²) in [4.78, 5) is 16.0. The zero-order chi connectivity index (χ0) is 16.6. The van der Waals surface area contributed by atoms with Crippen LogP contribution in [0.15, 0.2) is 79.0 Å². The fourth-order valence-electron chi connectivity index (χ4n) is 2.27. The van der Waals surface area contributed by atoms with Gasteiger partial charge in [0.1, 0.15) is 5.75 Å². The first kappa shape index (κ1) is 15.7. The van der Waals surface area contributed by atoms with Gasteiger partial charge in [0.25, 0.3) is 5.91 Å². The van der Waals surface area contributed by atoms with Gasteiger partial charge in [-0.3, -0.25) is 9.78 Å². The predicted octanol–water partition coefficient (Wildman–Crippen LogP) is 3.44. The summed E-state index contributed by atoms with van der Waals surface area (Å²) in [5.41, 5.74) is 3.08. The first-order chi connectivity index (χ1) is 11.8. The molecule has 0 aliphatic carbocycles. The Balaban J connectivity index is 1.49. The number of ether oxygens (including phenoxy) is 1. The van der Waals surface area contributed by atoms with Crippen molar-refractivity contribution in [1.82, 2.24) is 10.3 Å². The Bertz CT molecular complexity index is 772. The van der Waals surface area contributed by atoms with Crippen LogP contribution in [0.3, 0.4) is 0 Å². The molecular weight excluding hydrogens is 300 g/mol. The molecule has 4 heteroatoms. The van der Waals surface area contributed by atoms with Crippen molar-refractivity contribution in [2.45, 2.75) is 6.54 Å². The molecule has 120 valence electrons. The quantitative estimate of drug-likeness (QED) is 0.757. The number of pyridine rings is 1. The molecule has 3 rings (SSSR count). The Morgan fingerprint density at radius 1 is 0.875 bits per heavy atom. The highest BCUT2D eigenvalue weighted by atomic mass is 16.5. The van der Waals surface area contributed by atoms with Gasteiger partial charge in [-0.15, -0.1) is 0 Å². The van der Waals surface area contributed by atoms with Crippen molar-refractivity contribution in [3.05, 3.63) is 84.7 Å². The lowest BCUT2D eigenvalue weighted by molar-refractivity contribution is -0.123. The summed E-state index contributed by atoms with van der Waals surface area (Å²) in [6.45, 7) is 0.382. The first-order valence-corrected chi connectivity index (χ1v) is 7.76. The number of nitrogens with zero attached hydrogens (tertiary/aromatic N) is 1. The maximum atomic E-state index is 11.8. The van der Waals surface area contributed by atoms with E-state index in [-0.39, 0.29) is 12.5 Å². The summed E-state index contributed by atoms with van der Waals surface area (Å²) in [7, 11) is 0. The number of benzene rings is 2. The summed E-state index contributed by atoms with van der Waals surface area (Å²) in [6.07, 6.45) is 1.70. The van der Waals surface area contributed by atoms with E-state index in [0.29, 0.717) is 12.3 Å². The molecule has 2 aromatic carbocycles. The molecule has 0 unspecified atom stereocenters. The second kappa shape index (κ2) is 7.92. The molecule has 24 heavy (non-hydrogen) atoms. The second-order valence-electron chi connectivity index (χ2n) is 5.28. The van der Waals surface area contributed by atoms with Crippen molar-refractivity contribution < 1.29 is 9.53 Å². The van der Waals surface area contributed by atoms with Gasteiger partial charge in [0.15, 0.2) is 6.61 Å². The van der Waals surface area contributed by atoms with E-state index in [4.69, 9.17) is 4.74 Å². The van der Waals surface area contributed by atoms with Gasteiger partial charge >= 0.3 is 0 Å². The fraction of sp³-hybridized carbons (Fsp3) is 0.100. The monoisotopic (exact) mass is 318 g/mol. The molecule has 0 fully saturated rings. The molecule has 1 amide bonds. The Morgan fingerprint density at radius 2 is 1.58 bits per heavy atom. The molecule has 0 aliphatic heterocycles. The summed E-state index contributed by atoms with van der Waals surface area (Å²) in [5.74, 6) is 0.496. The Morgan fingerprint density at radius 3 is 2.29 bits per heavy atom. The SMILES string of the molecule is O=C(COc1ccc(-c2ccccc2)cc1)NCc1ccccn1. The minimum atomic E-state index is -0.173. The molecule has 0 saturated heterocycles. The maximum Gasteiger partial charge on any atom is 0.258 e. The average molecular weight is 318 g/mol. The minimum Gasteiger partial charge on any atom is -0.484 e. The van der Waals surface area contributed by atoms with Gasteiger partial charge in [0.2, 0.25) is 0 Å². The van der Waals surface area contributed by atoms with Crippen molar-refractivity contribution in [3.8, 4) is 16.9 Å². The minimum absolute atomic E-state index is 0.0164. The van der Waals surface area contributed by atoms with E-state index in [1.54, 1.807) is 6.20 Å². The van der Waals surface area contributed by atoms with Crippen LogP contribution in [0, 0.1) is 0 Å². The first-order valence-electron chi connectivity index (χ1n) is 7.76. The lowest BCUT2D eigenvalue weighted by Crippen LogP contribution is -2.28. The zero-order valence-corrected chi connectivity index (χ0v) is 13.2. The maximum absolute atomic E-state index is 11.8. The van der Waals surface area contributed by atoms with E-state index in [1.807, 2.05) is 60.7 Å². The lowest BCUT2D eigenvalue weighted by atomic mass is 10.1. The molecule has 0 spiro atoms. The van der Waals surface area contributed by atoms with E-state index < -0.39 is 0 Å². The van der Waals surface area contributed by atoms with Crippen LogP contribution in [-0.2, 0) is 11.3 Å². The number of amides is 1. The molecule has 3 aromatic rings. The van der Waals surface area contributed by atoms with Gasteiger partial charge in [0, 0.05) is 6.20 Å². The molecule has 1 heterocycles. The van der Waals surface area contributed by atoms with Gasteiger partial charge in [-0.2, -0.15) is 0 Å². The summed E-state index contributed by atoms with van der Waals surface area (Å²) in [5, 5.41) is 2.78. The van der Waals surface area contributed by atoms with Crippen molar-refractivity contribution in [3.63, 3.8) is 0 Å². The van der Waals surface area contributed by atoms with Crippen LogP contribution in [0.5, 0.6) is 5.75 Å². The third-order valence-corrected chi connectivity index (χ3v) is 3.52. The standard InChI is InChI=1S/C20H18N2O2/c23-20(22-14-18-8-4-5-13-21-18)15-24-19-11-9-17(10-12-19)16-6-2-1-3-7-16/h1-13H,14-15H2,(H,22,23). The van der Waals surface area contributed by atoms with Crippen LogP contribution in [0.25, 0.3) is 11.1 Å². The van der Waals surface area contributed by atoms with E-state index in [2.05, 4.69) is 22.4 Å². The normalized spacial score (nSPS) is 10.2. The Labute approximate surface area is 141 Å². The van der Waals surface area contributed by atoms with E-state index in [1.165, 1.54) is 0 Å². The second-order valence-corrected chi connectivity index (χ2v) is 5.28. The average Bonchev–Trinajstić information content (AvgIpc) is 2.67. The van der Waals surface area contributed by atoms with Crippen molar-refractivity contribution in [1.29, 1.82) is 0 Å². The molecule has 0 bridgehead atoms. The molecule has 0 radical (unpaired) electrons. The molecule has 4 nitrogen and oxygen atoms in total. The van der Waals surface area contributed by atoms with Crippen LogP contribution in [0.4, 0.5) is 0 Å². The van der Waals surface area contributed by atoms with E-state index in [9.17, 15) is 4.79 Å². The zero-order valence-electron chi connectivity index (χ0n) is 13.2. The fourth-order valence-corrected chi connectivity index (χ4v) is 2.27. The molecule has 0 saturated carbocycles. The molecule has 0 atom stereocenters. The summed E-state index contributed by atoms with van der Waals surface area (Å²) >= 11 is 0. The van der Waals surface area contributed by atoms with Crippen LogP contribution in [0.1, 0.15) is 5.69 Å². The number of hydrogen-bond acceptors (Lipinski definition) is 3. The number of aromatic nitrogens is 1. The molecule has 1 N–H and O–H groups in total. The van der Waals surface area contributed by atoms with Gasteiger partial charge < -0.3 is 10.1 Å². The van der Waals surface area contributed by atoms with E-state index >= 15 is 0 Å². The largest absolute Gasteiger partial charge is 0.484 e. The van der Waals surface area contributed by atoms with Gasteiger partial charge in [-0.05, 0) is 35.4 Å². The van der Waals surface area contributed by atoms with E-state index in [0.717, 1.165) is 16.8 Å². The molecule has 1 aromatic heterocycles. The van der Waals surface area contributed by atoms with Gasteiger partial charge in [-0.1, -0.05) is 48.5 Å². The third-order valence-electron chi connectivity index (χ3n) is 3.52. The third kappa shape index (κ3) is 4.43. The predicted molar refractivity (Wildman–Crippen MR) is 93.5 cm³/mol. The van der Waals surface area contributed by atoms with Crippen molar-refractivity contribution in [2.75, 3.05) is 6.61 Å². The molecular formula is C20H18N2O2. The number of rotatable bonds is 6. The number of hydrogen-bond donors (Lipinski definition) is 1. The number of nitrogens with one attached hydrogen (secondary N) is 1. The number of carbonyl (C=O) groups excluding carboxylic acids is 1. The highest BCUT2D eigenvalue weighted by Gasteiger charge is 2.04. The highest BCUT2D eigenvalue weighted by molar-refractivity contribution is 5.77. The van der Waals surface area contributed by atoms with Crippen LogP contribution in [0.2, 0.25) is 0 Å². The topological polar surface area (TPSA) is 51.2 Å². The smallest absolute Gasteiger partial charge is 0.258 e. The number of carbonyl (C=O) groups is 1. The lowest BCUT2D eigenvalue weighted by Gasteiger charge is -2.08. The van der Waals surface area contributed by atoms with Crippen LogP contribution < -0.4 is 10.1 Å². The highest BCUT2D eigenvalue weighted by Crippen LogP contribution is 2.21.